The van der Waals surface area contributed by atoms with E-state index in [1.165, 1.54) is 0 Å². The van der Waals surface area contributed by atoms with E-state index in [0.29, 0.717) is 6.42 Å². The van der Waals surface area contributed by atoms with Crippen LogP contribution in [0.25, 0.3) is 0 Å². The molecule has 0 aromatic carbocycles. The Labute approximate surface area is 130 Å². The maximum absolute atomic E-state index is 12.6. The fraction of sp³-hybridized carbons (Fsp3) is 0.471. The molecule has 2 aromatic heterocycles. The number of rotatable bonds is 4. The third-order valence-electron chi connectivity index (χ3n) is 4.16. The summed E-state index contributed by atoms with van der Waals surface area (Å²) in [5, 5.41) is 4.11. The molecule has 0 spiro atoms. The Morgan fingerprint density at radius 2 is 2.36 bits per heavy atom. The van der Waals surface area contributed by atoms with Gasteiger partial charge in [0.2, 0.25) is 5.91 Å². The van der Waals surface area contributed by atoms with Gasteiger partial charge in [-0.05, 0) is 44.2 Å². The first-order valence-electron chi connectivity index (χ1n) is 7.85. The van der Waals surface area contributed by atoms with Crippen LogP contribution >= 0.6 is 0 Å². The molecular weight excluding hydrogens is 278 g/mol. The van der Waals surface area contributed by atoms with Crippen LogP contribution in [0.5, 0.6) is 0 Å². The lowest BCUT2D eigenvalue weighted by atomic mass is 9.98. The van der Waals surface area contributed by atoms with Gasteiger partial charge < -0.3 is 9.42 Å². The van der Waals surface area contributed by atoms with Crippen molar-refractivity contribution >= 4 is 5.91 Å². The first kappa shape index (κ1) is 14.8. The highest BCUT2D eigenvalue weighted by Gasteiger charge is 2.29. The van der Waals surface area contributed by atoms with E-state index >= 15 is 0 Å². The number of nitrogens with zero attached hydrogens (tertiary/aromatic N) is 3. The van der Waals surface area contributed by atoms with Crippen molar-refractivity contribution in [3.8, 4) is 0 Å². The number of pyridine rings is 1. The van der Waals surface area contributed by atoms with E-state index in [9.17, 15) is 4.79 Å². The summed E-state index contributed by atoms with van der Waals surface area (Å²) < 4.78 is 5.18. The molecular formula is C17H21N3O2. The van der Waals surface area contributed by atoms with Gasteiger partial charge in [-0.3, -0.25) is 9.78 Å². The van der Waals surface area contributed by atoms with Crippen LogP contribution in [0.4, 0.5) is 0 Å². The molecule has 0 N–H and O–H groups in total. The van der Waals surface area contributed by atoms with Gasteiger partial charge in [0.15, 0.2) is 0 Å². The average Bonchev–Trinajstić information content (AvgIpc) is 3.00. The van der Waals surface area contributed by atoms with Crippen molar-refractivity contribution in [1.82, 2.24) is 15.0 Å². The number of carbonyl (C=O) groups is 1. The van der Waals surface area contributed by atoms with Crippen molar-refractivity contribution < 1.29 is 9.32 Å². The zero-order valence-corrected chi connectivity index (χ0v) is 12.9. The molecule has 1 aliphatic heterocycles. The highest BCUT2D eigenvalue weighted by atomic mass is 16.5. The van der Waals surface area contributed by atoms with Gasteiger partial charge in [0.1, 0.15) is 11.5 Å². The Bertz CT molecular complexity index is 624. The Morgan fingerprint density at radius 3 is 3.09 bits per heavy atom. The van der Waals surface area contributed by atoms with Gasteiger partial charge in [-0.25, -0.2) is 0 Å². The minimum Gasteiger partial charge on any atom is -0.361 e. The molecule has 116 valence electrons. The van der Waals surface area contributed by atoms with Crippen LogP contribution in [0.2, 0.25) is 0 Å². The molecule has 3 heterocycles. The minimum absolute atomic E-state index is 0.0626. The Morgan fingerprint density at radius 1 is 1.45 bits per heavy atom. The molecule has 1 atom stereocenters. The Kier molecular flexibility index (Phi) is 4.51. The van der Waals surface area contributed by atoms with E-state index in [-0.39, 0.29) is 11.9 Å². The topological polar surface area (TPSA) is 59.2 Å². The normalized spacial score (nSPS) is 18.4. The van der Waals surface area contributed by atoms with E-state index in [0.717, 1.165) is 49.2 Å². The second-order valence-electron chi connectivity index (χ2n) is 5.82. The number of aryl methyl sites for hydroxylation is 2. The van der Waals surface area contributed by atoms with Gasteiger partial charge in [-0.2, -0.15) is 0 Å². The highest BCUT2D eigenvalue weighted by Crippen LogP contribution is 2.31. The van der Waals surface area contributed by atoms with Crippen molar-refractivity contribution in [3.05, 3.63) is 47.6 Å². The molecule has 3 rings (SSSR count). The predicted molar refractivity (Wildman–Crippen MR) is 82.1 cm³/mol. The molecule has 0 unspecified atom stereocenters. The van der Waals surface area contributed by atoms with Crippen LogP contribution in [0.15, 0.2) is 35.1 Å². The number of hydrogen-bond acceptors (Lipinski definition) is 4. The van der Waals surface area contributed by atoms with Gasteiger partial charge in [-0.1, -0.05) is 11.2 Å². The van der Waals surface area contributed by atoms with E-state index in [4.69, 9.17) is 4.52 Å². The molecule has 1 amide bonds. The average molecular weight is 299 g/mol. The molecule has 0 bridgehead atoms. The second kappa shape index (κ2) is 6.73. The van der Waals surface area contributed by atoms with Gasteiger partial charge in [0, 0.05) is 31.4 Å². The van der Waals surface area contributed by atoms with Crippen LogP contribution in [-0.2, 0) is 11.2 Å². The Balaban J connectivity index is 1.66. The fourth-order valence-electron chi connectivity index (χ4n) is 3.02. The summed E-state index contributed by atoms with van der Waals surface area (Å²) in [6.45, 7) is 2.69. The quantitative estimate of drug-likeness (QED) is 0.870. The van der Waals surface area contributed by atoms with Crippen LogP contribution in [-0.4, -0.2) is 27.5 Å². The second-order valence-corrected chi connectivity index (χ2v) is 5.82. The van der Waals surface area contributed by atoms with E-state index in [1.807, 2.05) is 36.2 Å². The lowest BCUT2D eigenvalue weighted by Gasteiger charge is -2.34. The first-order valence-corrected chi connectivity index (χ1v) is 7.85. The number of piperidine rings is 1. The minimum atomic E-state index is 0.0626. The molecule has 0 saturated carbocycles. The van der Waals surface area contributed by atoms with Crippen molar-refractivity contribution in [2.75, 3.05) is 6.54 Å². The molecule has 5 heteroatoms. The van der Waals surface area contributed by atoms with Gasteiger partial charge in [0.05, 0.1) is 6.04 Å². The smallest absolute Gasteiger partial charge is 0.223 e. The van der Waals surface area contributed by atoms with Crippen LogP contribution in [0.3, 0.4) is 0 Å². The lowest BCUT2D eigenvalue weighted by Crippen LogP contribution is -2.38. The standard InChI is InChI=1S/C17H21N3O2/c1-13-11-15(19-22-13)16-6-2-3-10-20(16)17(21)8-7-14-5-4-9-18-12-14/h4-5,9,11-12,16H,2-3,6-8,10H2,1H3/t16-/m1/s1. The Hall–Kier alpha value is -2.17. The maximum Gasteiger partial charge on any atom is 0.223 e. The zero-order valence-electron chi connectivity index (χ0n) is 12.9. The van der Waals surface area contributed by atoms with Crippen molar-refractivity contribution in [1.29, 1.82) is 0 Å². The molecule has 1 fully saturated rings. The highest BCUT2D eigenvalue weighted by molar-refractivity contribution is 5.77. The predicted octanol–water partition coefficient (Wildman–Crippen LogP) is 3.06. The van der Waals surface area contributed by atoms with E-state index in [1.54, 1.807) is 6.20 Å². The largest absolute Gasteiger partial charge is 0.361 e. The summed E-state index contributed by atoms with van der Waals surface area (Å²) in [4.78, 5) is 18.7. The van der Waals surface area contributed by atoms with Crippen LogP contribution in [0, 0.1) is 6.92 Å². The van der Waals surface area contributed by atoms with Crippen molar-refractivity contribution in [2.24, 2.45) is 0 Å². The molecule has 0 radical (unpaired) electrons. The third kappa shape index (κ3) is 3.35. The summed E-state index contributed by atoms with van der Waals surface area (Å²) in [5.74, 6) is 0.984. The number of amides is 1. The summed E-state index contributed by atoms with van der Waals surface area (Å²) >= 11 is 0. The summed E-state index contributed by atoms with van der Waals surface area (Å²) in [6.07, 6.45) is 7.97. The molecule has 22 heavy (non-hydrogen) atoms. The summed E-state index contributed by atoms with van der Waals surface area (Å²) in [6, 6.07) is 5.92. The maximum atomic E-state index is 12.6. The lowest BCUT2D eigenvalue weighted by molar-refractivity contribution is -0.135. The molecule has 5 nitrogen and oxygen atoms in total. The summed E-state index contributed by atoms with van der Waals surface area (Å²) in [7, 11) is 0. The van der Waals surface area contributed by atoms with E-state index in [2.05, 4.69) is 10.1 Å². The van der Waals surface area contributed by atoms with Crippen LogP contribution in [0.1, 0.15) is 48.7 Å². The first-order chi connectivity index (χ1) is 10.7. The van der Waals surface area contributed by atoms with Crippen molar-refractivity contribution in [2.45, 2.75) is 45.1 Å². The number of aromatic nitrogens is 2. The summed E-state index contributed by atoms with van der Waals surface area (Å²) in [5.41, 5.74) is 1.98. The zero-order chi connectivity index (χ0) is 15.4. The monoisotopic (exact) mass is 299 g/mol. The van der Waals surface area contributed by atoms with Gasteiger partial charge >= 0.3 is 0 Å². The number of likely N-dealkylation sites (tertiary alicyclic amines) is 1. The molecule has 2 aromatic rings. The molecule has 1 aliphatic rings. The molecule has 1 saturated heterocycles. The number of carbonyl (C=O) groups excluding carboxylic acids is 1. The van der Waals surface area contributed by atoms with E-state index < -0.39 is 0 Å². The van der Waals surface area contributed by atoms with Crippen molar-refractivity contribution in [3.63, 3.8) is 0 Å². The SMILES string of the molecule is Cc1cc([C@H]2CCCCN2C(=O)CCc2cccnc2)no1. The number of hydrogen-bond donors (Lipinski definition) is 0. The van der Waals surface area contributed by atoms with Gasteiger partial charge in [0.25, 0.3) is 0 Å². The van der Waals surface area contributed by atoms with Gasteiger partial charge in [-0.15, -0.1) is 0 Å². The van der Waals surface area contributed by atoms with Crippen LogP contribution < -0.4 is 0 Å². The molecule has 0 aliphatic carbocycles. The fourth-order valence-corrected chi connectivity index (χ4v) is 3.02. The third-order valence-corrected chi connectivity index (χ3v) is 4.16.